The van der Waals surface area contributed by atoms with Crippen LogP contribution < -0.4 is 11.1 Å². The van der Waals surface area contributed by atoms with E-state index in [2.05, 4.69) is 15.3 Å². The van der Waals surface area contributed by atoms with Gasteiger partial charge in [0.05, 0.1) is 17.9 Å². The van der Waals surface area contributed by atoms with Crippen LogP contribution in [0.1, 0.15) is 54.0 Å². The number of aromatic nitrogens is 3. The van der Waals surface area contributed by atoms with E-state index in [9.17, 15) is 19.5 Å². The van der Waals surface area contributed by atoms with Gasteiger partial charge in [-0.1, -0.05) is 32.0 Å². The number of anilines is 1. The van der Waals surface area contributed by atoms with Crippen LogP contribution in [0.25, 0.3) is 10.9 Å². The quantitative estimate of drug-likeness (QED) is 0.288. The molecule has 4 aromatic rings. The monoisotopic (exact) mass is 532 g/mol. The number of nitrogens with two attached hydrogens (primary N) is 1. The first-order valence-electron chi connectivity index (χ1n) is 12.6. The number of amides is 3. The van der Waals surface area contributed by atoms with Gasteiger partial charge in [0.1, 0.15) is 11.8 Å². The number of oxazole rings is 1. The Morgan fingerprint density at radius 2 is 1.92 bits per heavy atom. The normalized spacial score (nSPS) is 12.9. The Morgan fingerprint density at radius 1 is 1.18 bits per heavy atom. The lowest BCUT2D eigenvalue weighted by molar-refractivity contribution is -0.132. The first-order chi connectivity index (χ1) is 18.6. The van der Waals surface area contributed by atoms with Crippen LogP contribution in [0.15, 0.2) is 59.4 Å². The van der Waals surface area contributed by atoms with Crippen LogP contribution in [-0.2, 0) is 18.3 Å². The molecule has 4 rings (SSSR count). The number of rotatable bonds is 9. The molecule has 3 aromatic heterocycles. The van der Waals surface area contributed by atoms with Crippen molar-refractivity contribution in [2.24, 2.45) is 18.7 Å². The first kappa shape index (κ1) is 27.5. The number of pyridine rings is 1. The summed E-state index contributed by atoms with van der Waals surface area (Å²) in [7, 11) is 1.90. The maximum absolute atomic E-state index is 13.8. The van der Waals surface area contributed by atoms with Gasteiger partial charge in [-0.15, -0.1) is 0 Å². The lowest BCUT2D eigenvalue weighted by atomic mass is 10.00. The number of hydrogen-bond acceptors (Lipinski definition) is 7. The molecule has 0 aliphatic heterocycles. The minimum absolute atomic E-state index is 0.0620. The fourth-order valence-electron chi connectivity index (χ4n) is 4.65. The molecule has 0 spiro atoms. The average molecular weight is 533 g/mol. The van der Waals surface area contributed by atoms with Crippen LogP contribution in [0.5, 0.6) is 0 Å². The van der Waals surface area contributed by atoms with Crippen molar-refractivity contribution in [1.29, 1.82) is 0 Å². The average Bonchev–Trinajstić information content (AvgIpc) is 3.43. The molecule has 0 radical (unpaired) electrons. The summed E-state index contributed by atoms with van der Waals surface area (Å²) >= 11 is 0. The van der Waals surface area contributed by atoms with Crippen molar-refractivity contribution >= 4 is 34.5 Å². The molecule has 1 aromatic carbocycles. The van der Waals surface area contributed by atoms with E-state index in [1.807, 2.05) is 55.9 Å². The highest BCUT2D eigenvalue weighted by atomic mass is 16.4. The molecule has 11 nitrogen and oxygen atoms in total. The zero-order chi connectivity index (χ0) is 28.3. The molecule has 4 N–H and O–H groups in total. The first-order valence-corrected chi connectivity index (χ1v) is 12.6. The summed E-state index contributed by atoms with van der Waals surface area (Å²) in [4.78, 5) is 48.6. The molecule has 0 aliphatic rings. The molecule has 0 aliphatic carbocycles. The van der Waals surface area contributed by atoms with E-state index in [1.54, 1.807) is 18.3 Å². The molecular formula is C28H32N6O5. The maximum Gasteiger partial charge on any atom is 0.358 e. The Balaban J connectivity index is 1.85. The Labute approximate surface area is 225 Å². The van der Waals surface area contributed by atoms with E-state index in [0.29, 0.717) is 12.1 Å². The molecule has 2 atom stereocenters. The number of carboxylic acids is 1. The topological polar surface area (TPSA) is 157 Å². The molecule has 0 saturated heterocycles. The molecule has 0 fully saturated rings. The number of fused-ring (bicyclic) bond motifs is 1. The van der Waals surface area contributed by atoms with Crippen LogP contribution >= 0.6 is 0 Å². The van der Waals surface area contributed by atoms with Gasteiger partial charge < -0.3 is 25.1 Å². The zero-order valence-corrected chi connectivity index (χ0v) is 22.3. The van der Waals surface area contributed by atoms with Crippen molar-refractivity contribution in [3.8, 4) is 0 Å². The van der Waals surface area contributed by atoms with Gasteiger partial charge in [0.2, 0.25) is 11.8 Å². The third-order valence-corrected chi connectivity index (χ3v) is 6.42. The molecule has 204 valence electrons. The van der Waals surface area contributed by atoms with Gasteiger partial charge in [0, 0.05) is 36.8 Å². The molecule has 39 heavy (non-hydrogen) atoms. The Kier molecular flexibility index (Phi) is 8.10. The third-order valence-electron chi connectivity index (χ3n) is 6.42. The number of hydrogen-bond donors (Lipinski definition) is 3. The number of aromatic carboxylic acids is 1. The number of carboxylic acid groups (broad SMARTS) is 1. The van der Waals surface area contributed by atoms with E-state index < -0.39 is 30.0 Å². The van der Waals surface area contributed by atoms with E-state index in [0.717, 1.165) is 21.4 Å². The number of carbonyl (C=O) groups is 3. The maximum atomic E-state index is 13.8. The molecule has 3 amide bonds. The molecular weight excluding hydrogens is 500 g/mol. The number of urea groups is 1. The van der Waals surface area contributed by atoms with Gasteiger partial charge in [-0.3, -0.25) is 9.78 Å². The summed E-state index contributed by atoms with van der Waals surface area (Å²) in [6.07, 6.45) is 5.36. The minimum atomic E-state index is -1.28. The highest BCUT2D eigenvalue weighted by molar-refractivity contribution is 6.03. The van der Waals surface area contributed by atoms with Gasteiger partial charge in [-0.05, 0) is 43.0 Å². The predicted molar refractivity (Wildman–Crippen MR) is 145 cm³/mol. The van der Waals surface area contributed by atoms with Gasteiger partial charge in [0.15, 0.2) is 5.69 Å². The predicted octanol–water partition coefficient (Wildman–Crippen LogP) is 4.29. The molecule has 0 unspecified atom stereocenters. The van der Waals surface area contributed by atoms with Gasteiger partial charge in [-0.2, -0.15) is 0 Å². The largest absolute Gasteiger partial charge is 0.476 e. The van der Waals surface area contributed by atoms with Crippen molar-refractivity contribution in [2.75, 3.05) is 5.32 Å². The van der Waals surface area contributed by atoms with Crippen LogP contribution in [0, 0.1) is 12.8 Å². The lowest BCUT2D eigenvalue weighted by Crippen LogP contribution is -2.51. The van der Waals surface area contributed by atoms with E-state index in [4.69, 9.17) is 10.2 Å². The highest BCUT2D eigenvalue weighted by Gasteiger charge is 2.38. The number of imide groups is 1. The van der Waals surface area contributed by atoms with Crippen molar-refractivity contribution in [3.05, 3.63) is 77.9 Å². The lowest BCUT2D eigenvalue weighted by Gasteiger charge is -2.30. The van der Waals surface area contributed by atoms with Gasteiger partial charge in [-0.25, -0.2) is 19.5 Å². The van der Waals surface area contributed by atoms with Crippen LogP contribution in [-0.4, -0.2) is 48.5 Å². The number of nitrogens with one attached hydrogen (secondary N) is 1. The Hall–Kier alpha value is -4.51. The Morgan fingerprint density at radius 3 is 2.56 bits per heavy atom. The second-order valence-electron chi connectivity index (χ2n) is 9.88. The number of benzene rings is 1. The highest BCUT2D eigenvalue weighted by Crippen LogP contribution is 2.32. The van der Waals surface area contributed by atoms with Crippen molar-refractivity contribution < 1.29 is 23.9 Å². The van der Waals surface area contributed by atoms with Crippen molar-refractivity contribution in [1.82, 2.24) is 19.4 Å². The van der Waals surface area contributed by atoms with E-state index in [-0.39, 0.29) is 29.7 Å². The Bertz CT molecular complexity index is 1490. The number of aryl methyl sites for hydroxylation is 2. The number of nitrogens with zero attached hydrogens (tertiary/aromatic N) is 4. The van der Waals surface area contributed by atoms with Crippen LogP contribution in [0.3, 0.4) is 0 Å². The number of para-hydroxylation sites is 1. The van der Waals surface area contributed by atoms with Crippen molar-refractivity contribution in [2.45, 2.75) is 45.7 Å². The second kappa shape index (κ2) is 11.5. The standard InChI is InChI=1S/C28H32N6O5/c1-16(2)12-21(29)26(35)34(28(38)31-19-8-7-11-30-14-19)23(25-32-24(27(36)37)17(3)39-25)13-18-15-33(4)22-10-6-5-9-20(18)22/h5-11,14-16,21,23H,12-13,29H2,1-4H3,(H,31,38)(H,36,37)/t21-,23+/m0/s1. The summed E-state index contributed by atoms with van der Waals surface area (Å²) in [5.41, 5.74) is 8.15. The van der Waals surface area contributed by atoms with Gasteiger partial charge in [0.25, 0.3) is 0 Å². The molecule has 11 heteroatoms. The van der Waals surface area contributed by atoms with Crippen molar-refractivity contribution in [3.63, 3.8) is 0 Å². The summed E-state index contributed by atoms with van der Waals surface area (Å²) < 4.78 is 7.74. The summed E-state index contributed by atoms with van der Waals surface area (Å²) in [6, 6.07) is 8.16. The summed E-state index contributed by atoms with van der Waals surface area (Å²) in [6.45, 7) is 5.33. The fraction of sp³-hybridized carbons (Fsp3) is 0.321. The SMILES string of the molecule is Cc1oc([C@@H](Cc2cn(C)c3ccccc23)N(C(=O)Nc2cccnc2)C(=O)[C@@H](N)CC(C)C)nc1C(=O)O. The fourth-order valence-corrected chi connectivity index (χ4v) is 4.65. The smallest absolute Gasteiger partial charge is 0.358 e. The molecule has 0 bridgehead atoms. The third kappa shape index (κ3) is 5.99. The molecule has 0 saturated carbocycles. The van der Waals surface area contributed by atoms with E-state index in [1.165, 1.54) is 13.1 Å². The zero-order valence-electron chi connectivity index (χ0n) is 22.3. The van der Waals surface area contributed by atoms with Crippen LogP contribution in [0.2, 0.25) is 0 Å². The minimum Gasteiger partial charge on any atom is -0.476 e. The summed E-state index contributed by atoms with van der Waals surface area (Å²) in [5, 5.41) is 13.2. The van der Waals surface area contributed by atoms with E-state index >= 15 is 0 Å². The molecule has 3 heterocycles. The summed E-state index contributed by atoms with van der Waals surface area (Å²) in [5.74, 6) is -1.84. The van der Waals surface area contributed by atoms with Gasteiger partial charge >= 0.3 is 12.0 Å². The second-order valence-corrected chi connectivity index (χ2v) is 9.88. The number of carbonyl (C=O) groups excluding carboxylic acids is 2. The van der Waals surface area contributed by atoms with Crippen LogP contribution in [0.4, 0.5) is 10.5 Å².